The van der Waals surface area contributed by atoms with E-state index in [-0.39, 0.29) is 19.4 Å². The number of amides is 2. The number of aromatic nitrogens is 1. The summed E-state index contributed by atoms with van der Waals surface area (Å²) in [4.78, 5) is 53.9. The Hall–Kier alpha value is -4.96. The molecule has 6 N–H and O–H groups in total. The Morgan fingerprint density at radius 1 is 0.780 bits per heavy atom. The van der Waals surface area contributed by atoms with Crippen LogP contribution in [-0.4, -0.2) is 52.0 Å². The number of carboxylic acid groups (broad SMARTS) is 1. The fraction of sp³-hybridized carbons (Fsp3) is 0.226. The van der Waals surface area contributed by atoms with Crippen LogP contribution in [0.3, 0.4) is 0 Å². The average Bonchev–Trinajstić information content (AvgIpc) is 3.39. The van der Waals surface area contributed by atoms with Crippen LogP contribution in [0, 0.1) is 0 Å². The molecule has 0 unspecified atom stereocenters. The fourth-order valence-electron chi connectivity index (χ4n) is 4.40. The van der Waals surface area contributed by atoms with E-state index in [0.29, 0.717) is 0 Å². The highest BCUT2D eigenvalue weighted by Crippen LogP contribution is 2.19. The number of H-pyrrole nitrogens is 1. The Morgan fingerprint density at radius 2 is 1.39 bits per heavy atom. The van der Waals surface area contributed by atoms with E-state index in [1.165, 1.54) is 0 Å². The van der Waals surface area contributed by atoms with Crippen molar-refractivity contribution >= 4 is 34.7 Å². The monoisotopic (exact) mass is 556 g/mol. The molecule has 4 aromatic rings. The van der Waals surface area contributed by atoms with Crippen molar-refractivity contribution in [2.75, 3.05) is 0 Å². The lowest BCUT2D eigenvalue weighted by atomic mass is 10.0. The molecule has 212 valence electrons. The van der Waals surface area contributed by atoms with Crippen LogP contribution in [0.1, 0.15) is 23.1 Å². The van der Waals surface area contributed by atoms with Crippen molar-refractivity contribution in [1.82, 2.24) is 15.6 Å². The lowest BCUT2D eigenvalue weighted by molar-refractivity contribution is -0.147. The number of benzene rings is 3. The van der Waals surface area contributed by atoms with Crippen molar-refractivity contribution in [2.45, 2.75) is 44.0 Å². The molecule has 3 atom stereocenters. The fourth-order valence-corrected chi connectivity index (χ4v) is 4.40. The van der Waals surface area contributed by atoms with E-state index in [9.17, 15) is 24.3 Å². The van der Waals surface area contributed by atoms with Gasteiger partial charge < -0.3 is 31.2 Å². The van der Waals surface area contributed by atoms with Gasteiger partial charge in [-0.05, 0) is 22.8 Å². The van der Waals surface area contributed by atoms with Crippen molar-refractivity contribution in [3.8, 4) is 0 Å². The number of nitrogens with two attached hydrogens (primary N) is 1. The zero-order valence-corrected chi connectivity index (χ0v) is 22.3. The van der Waals surface area contributed by atoms with Crippen molar-refractivity contribution in [2.24, 2.45) is 5.73 Å². The molecule has 1 aromatic heterocycles. The molecular weight excluding hydrogens is 524 g/mol. The maximum absolute atomic E-state index is 13.4. The number of para-hydroxylation sites is 1. The van der Waals surface area contributed by atoms with Crippen LogP contribution >= 0.6 is 0 Å². The first-order valence-corrected chi connectivity index (χ1v) is 13.2. The van der Waals surface area contributed by atoms with Gasteiger partial charge in [-0.3, -0.25) is 14.4 Å². The third kappa shape index (κ3) is 8.26. The van der Waals surface area contributed by atoms with Gasteiger partial charge >= 0.3 is 11.9 Å². The Balaban J connectivity index is 1.45. The van der Waals surface area contributed by atoms with Gasteiger partial charge in [-0.15, -0.1) is 0 Å². The second-order valence-corrected chi connectivity index (χ2v) is 9.67. The second kappa shape index (κ2) is 13.9. The maximum atomic E-state index is 13.4. The van der Waals surface area contributed by atoms with Crippen molar-refractivity contribution in [3.05, 3.63) is 108 Å². The predicted octanol–water partition coefficient (Wildman–Crippen LogP) is 2.47. The van der Waals surface area contributed by atoms with E-state index in [1.807, 2.05) is 48.5 Å². The molecule has 0 aliphatic carbocycles. The van der Waals surface area contributed by atoms with E-state index in [2.05, 4.69) is 15.6 Å². The zero-order chi connectivity index (χ0) is 29.2. The van der Waals surface area contributed by atoms with Gasteiger partial charge in [0.2, 0.25) is 11.8 Å². The number of aliphatic carboxylic acids is 1. The van der Waals surface area contributed by atoms with Crippen LogP contribution in [0.2, 0.25) is 0 Å². The van der Waals surface area contributed by atoms with E-state index in [4.69, 9.17) is 10.5 Å². The van der Waals surface area contributed by atoms with E-state index < -0.39 is 48.3 Å². The topological polar surface area (TPSA) is 164 Å². The molecule has 0 aliphatic rings. The number of aromatic amines is 1. The van der Waals surface area contributed by atoms with Gasteiger partial charge in [-0.1, -0.05) is 78.9 Å². The van der Waals surface area contributed by atoms with Gasteiger partial charge in [0.1, 0.15) is 18.7 Å². The summed E-state index contributed by atoms with van der Waals surface area (Å²) in [7, 11) is 0. The predicted molar refractivity (Wildman–Crippen MR) is 152 cm³/mol. The number of hydrogen-bond acceptors (Lipinski definition) is 6. The molecule has 0 spiro atoms. The van der Waals surface area contributed by atoms with Crippen LogP contribution in [0.4, 0.5) is 0 Å². The average molecular weight is 557 g/mol. The summed E-state index contributed by atoms with van der Waals surface area (Å²) in [5.74, 6) is -3.30. The highest BCUT2D eigenvalue weighted by Gasteiger charge is 2.30. The number of hydrogen-bond donors (Lipinski definition) is 5. The third-order valence-corrected chi connectivity index (χ3v) is 6.60. The lowest BCUT2D eigenvalue weighted by Gasteiger charge is -2.23. The quantitative estimate of drug-likeness (QED) is 0.158. The summed E-state index contributed by atoms with van der Waals surface area (Å²) in [5.41, 5.74) is 9.11. The number of carbonyl (C=O) groups excluding carboxylic acids is 3. The number of carboxylic acids is 1. The Morgan fingerprint density at radius 3 is 2.07 bits per heavy atom. The molecule has 0 fully saturated rings. The number of nitrogens with one attached hydrogen (secondary N) is 3. The number of fused-ring (bicyclic) bond motifs is 1. The summed E-state index contributed by atoms with van der Waals surface area (Å²) >= 11 is 0. The van der Waals surface area contributed by atoms with E-state index in [1.54, 1.807) is 42.6 Å². The first-order chi connectivity index (χ1) is 19.8. The minimum atomic E-state index is -1.28. The van der Waals surface area contributed by atoms with Gasteiger partial charge in [0.05, 0.1) is 12.5 Å². The van der Waals surface area contributed by atoms with Crippen LogP contribution in [0.25, 0.3) is 10.9 Å². The zero-order valence-electron chi connectivity index (χ0n) is 22.3. The summed E-state index contributed by atoms with van der Waals surface area (Å²) in [5, 5.41) is 15.8. The molecule has 10 nitrogen and oxygen atoms in total. The summed E-state index contributed by atoms with van der Waals surface area (Å²) in [6.45, 7) is 0.0393. The van der Waals surface area contributed by atoms with Gasteiger partial charge in [-0.25, -0.2) is 4.79 Å². The molecule has 4 rings (SSSR count). The molecule has 3 aromatic carbocycles. The second-order valence-electron chi connectivity index (χ2n) is 9.67. The molecule has 10 heteroatoms. The molecule has 0 aliphatic heterocycles. The summed E-state index contributed by atoms with van der Waals surface area (Å²) in [6.07, 6.45) is 1.45. The van der Waals surface area contributed by atoms with Crippen molar-refractivity contribution in [1.29, 1.82) is 0 Å². The first-order valence-electron chi connectivity index (χ1n) is 13.2. The molecular formula is C31H32N4O6. The smallest absolute Gasteiger partial charge is 0.326 e. The van der Waals surface area contributed by atoms with Gasteiger partial charge in [0.25, 0.3) is 0 Å². The lowest BCUT2D eigenvalue weighted by Crippen LogP contribution is -2.55. The number of esters is 1. The van der Waals surface area contributed by atoms with Crippen molar-refractivity contribution < 1.29 is 29.0 Å². The number of carbonyl (C=O) groups is 4. The molecule has 1 heterocycles. The molecule has 0 bridgehead atoms. The van der Waals surface area contributed by atoms with Crippen LogP contribution < -0.4 is 16.4 Å². The molecule has 2 amide bonds. The normalized spacial score (nSPS) is 13.1. The molecule has 41 heavy (non-hydrogen) atoms. The highest BCUT2D eigenvalue weighted by atomic mass is 16.5. The minimum absolute atomic E-state index is 0.0393. The maximum Gasteiger partial charge on any atom is 0.326 e. The summed E-state index contributed by atoms with van der Waals surface area (Å²) < 4.78 is 5.22. The van der Waals surface area contributed by atoms with Crippen LogP contribution in [-0.2, 0) is 43.4 Å². The Labute approximate surface area is 236 Å². The Kier molecular flexibility index (Phi) is 9.85. The van der Waals surface area contributed by atoms with Crippen LogP contribution in [0.5, 0.6) is 0 Å². The minimum Gasteiger partial charge on any atom is -0.480 e. The van der Waals surface area contributed by atoms with E-state index >= 15 is 0 Å². The number of rotatable bonds is 13. The molecule has 0 saturated heterocycles. The third-order valence-electron chi connectivity index (χ3n) is 6.60. The highest BCUT2D eigenvalue weighted by molar-refractivity contribution is 5.94. The number of ether oxygens (including phenoxy) is 1. The van der Waals surface area contributed by atoms with E-state index in [0.717, 1.165) is 27.6 Å². The molecule has 0 saturated carbocycles. The SMILES string of the molecule is N[C@@H](CC(=O)OCc1ccccc1)C(=O)N[C@@H](Cc1c[nH]c2ccccc12)C(=O)N[C@@H](Cc1ccccc1)C(=O)O. The van der Waals surface area contributed by atoms with Crippen LogP contribution in [0.15, 0.2) is 91.1 Å². The summed E-state index contributed by atoms with van der Waals surface area (Å²) in [6, 6.07) is 21.8. The largest absolute Gasteiger partial charge is 0.480 e. The van der Waals surface area contributed by atoms with Gasteiger partial charge in [-0.2, -0.15) is 0 Å². The van der Waals surface area contributed by atoms with Gasteiger partial charge in [0.15, 0.2) is 0 Å². The Bertz CT molecular complexity index is 1490. The molecule has 0 radical (unpaired) electrons. The van der Waals surface area contributed by atoms with Crippen molar-refractivity contribution in [3.63, 3.8) is 0 Å². The van der Waals surface area contributed by atoms with Gasteiger partial charge in [0, 0.05) is 29.9 Å². The first kappa shape index (κ1) is 29.0. The standard InChI is InChI=1S/C31H32N4O6/c32-24(17-28(36)41-19-21-11-5-2-6-12-21)29(37)34-26(16-22-18-33-25-14-8-7-13-23(22)25)30(38)35-27(31(39)40)15-20-9-3-1-4-10-20/h1-14,18,24,26-27,33H,15-17,19,32H2,(H,34,37)(H,35,38)(H,39,40)/t24-,26-,27-/m0/s1.